The van der Waals surface area contributed by atoms with Gasteiger partial charge in [0.05, 0.1) is 6.10 Å². The van der Waals surface area contributed by atoms with Crippen LogP contribution in [0.4, 0.5) is 0 Å². The van der Waals surface area contributed by atoms with E-state index in [0.717, 1.165) is 29.4 Å². The van der Waals surface area contributed by atoms with Crippen molar-refractivity contribution in [1.29, 1.82) is 0 Å². The van der Waals surface area contributed by atoms with E-state index in [1.807, 2.05) is 30.3 Å². The van der Waals surface area contributed by atoms with E-state index in [1.165, 1.54) is 25.7 Å². The summed E-state index contributed by atoms with van der Waals surface area (Å²) in [6.45, 7) is 7.21. The molecule has 0 saturated heterocycles. The fourth-order valence-corrected chi connectivity index (χ4v) is 3.13. The second kappa shape index (κ2) is 10.9. The summed E-state index contributed by atoms with van der Waals surface area (Å²) in [5, 5.41) is 13.7. The molecule has 1 N–H and O–H groups in total. The van der Waals surface area contributed by atoms with Crippen molar-refractivity contribution < 1.29 is 5.11 Å². The molecule has 0 radical (unpaired) electrons. The average molecular weight is 370 g/mol. The van der Waals surface area contributed by atoms with Crippen LogP contribution in [0.15, 0.2) is 36.4 Å². The van der Waals surface area contributed by atoms with Gasteiger partial charge in [-0.25, -0.2) is 0 Å². The van der Waals surface area contributed by atoms with E-state index in [4.69, 9.17) is 11.6 Å². The van der Waals surface area contributed by atoms with Crippen LogP contribution in [0.3, 0.4) is 0 Å². The Bertz CT molecular complexity index is 610. The molecule has 0 fully saturated rings. The minimum atomic E-state index is -0.481. The molecule has 2 aromatic rings. The summed E-state index contributed by atoms with van der Waals surface area (Å²) in [4.78, 5) is 2.39. The molecule has 0 amide bonds. The molecule has 0 saturated carbocycles. The Labute approximate surface area is 157 Å². The van der Waals surface area contributed by atoms with Gasteiger partial charge in [0.1, 0.15) is 0 Å². The average Bonchev–Trinajstić information content (AvgIpc) is 2.56. The second-order valence-electron chi connectivity index (χ2n) is 6.24. The predicted octanol–water partition coefficient (Wildman–Crippen LogP) is 5.85. The number of benzene rings is 2. The number of hydrogen-bond acceptors (Lipinski definition) is 2. The number of rotatable bonds is 9. The summed E-state index contributed by atoms with van der Waals surface area (Å²) in [6, 6.07) is 12.0. The molecule has 0 heterocycles. The third-order valence-electron chi connectivity index (χ3n) is 4.32. The van der Waals surface area contributed by atoms with Gasteiger partial charge in [-0.1, -0.05) is 62.6 Å². The third-order valence-corrected chi connectivity index (χ3v) is 4.56. The van der Waals surface area contributed by atoms with Crippen LogP contribution >= 0.6 is 24.0 Å². The lowest BCUT2D eigenvalue weighted by Gasteiger charge is -2.25. The van der Waals surface area contributed by atoms with Crippen LogP contribution in [0.1, 0.15) is 51.2 Å². The molecule has 0 aliphatic heterocycles. The number of unbranched alkanes of at least 4 members (excludes halogenated alkanes) is 2. The smallest absolute Gasteiger partial charge is 0.0922 e. The highest BCUT2D eigenvalue weighted by molar-refractivity contribution is 6.31. The van der Waals surface area contributed by atoms with Gasteiger partial charge in [0, 0.05) is 11.6 Å². The normalized spacial score (nSPS) is 12.4. The molecule has 0 bridgehead atoms. The van der Waals surface area contributed by atoms with Crippen LogP contribution in [0.25, 0.3) is 10.8 Å². The van der Waals surface area contributed by atoms with E-state index in [-0.39, 0.29) is 12.4 Å². The van der Waals surface area contributed by atoms with Crippen molar-refractivity contribution in [2.75, 3.05) is 19.6 Å². The highest BCUT2D eigenvalue weighted by Crippen LogP contribution is 2.27. The monoisotopic (exact) mass is 369 g/mol. The Kier molecular flexibility index (Phi) is 9.68. The lowest BCUT2D eigenvalue weighted by Crippen LogP contribution is -2.30. The van der Waals surface area contributed by atoms with Crippen LogP contribution in [-0.2, 0) is 0 Å². The van der Waals surface area contributed by atoms with Crippen LogP contribution < -0.4 is 0 Å². The maximum absolute atomic E-state index is 10.8. The SMILES string of the molecule is CCCCN(CCCC)CC(O)c1cccc2ccc(Cl)cc12.Cl. The highest BCUT2D eigenvalue weighted by atomic mass is 35.5. The van der Waals surface area contributed by atoms with E-state index < -0.39 is 6.10 Å². The Morgan fingerprint density at radius 3 is 2.33 bits per heavy atom. The van der Waals surface area contributed by atoms with E-state index in [0.29, 0.717) is 11.6 Å². The molecule has 2 rings (SSSR count). The van der Waals surface area contributed by atoms with Crippen LogP contribution in [-0.4, -0.2) is 29.6 Å². The van der Waals surface area contributed by atoms with Crippen molar-refractivity contribution in [3.63, 3.8) is 0 Å². The lowest BCUT2D eigenvalue weighted by molar-refractivity contribution is 0.112. The molecule has 1 unspecified atom stereocenters. The molecular formula is C20H29Cl2NO. The Morgan fingerprint density at radius 1 is 1.04 bits per heavy atom. The molecule has 0 aromatic heterocycles. The first-order chi connectivity index (χ1) is 11.2. The van der Waals surface area contributed by atoms with E-state index in [9.17, 15) is 5.11 Å². The van der Waals surface area contributed by atoms with E-state index in [2.05, 4.69) is 24.8 Å². The molecule has 4 heteroatoms. The van der Waals surface area contributed by atoms with Gasteiger partial charge in [0.2, 0.25) is 0 Å². The Balaban J connectivity index is 0.00000288. The minimum absolute atomic E-state index is 0. The van der Waals surface area contributed by atoms with Crippen molar-refractivity contribution >= 4 is 34.8 Å². The van der Waals surface area contributed by atoms with Crippen molar-refractivity contribution in [3.05, 3.63) is 47.0 Å². The van der Waals surface area contributed by atoms with Gasteiger partial charge >= 0.3 is 0 Å². The number of halogens is 2. The minimum Gasteiger partial charge on any atom is -0.387 e. The van der Waals surface area contributed by atoms with E-state index in [1.54, 1.807) is 0 Å². The number of hydrogen-bond donors (Lipinski definition) is 1. The van der Waals surface area contributed by atoms with Crippen molar-refractivity contribution in [3.8, 4) is 0 Å². The maximum atomic E-state index is 10.8. The zero-order valence-corrected chi connectivity index (χ0v) is 16.2. The molecule has 0 spiro atoms. The number of aliphatic hydroxyl groups is 1. The first kappa shape index (κ1) is 21.2. The first-order valence-electron chi connectivity index (χ1n) is 8.74. The van der Waals surface area contributed by atoms with Crippen LogP contribution in [0.5, 0.6) is 0 Å². The molecule has 2 aromatic carbocycles. The lowest BCUT2D eigenvalue weighted by atomic mass is 10.00. The summed E-state index contributed by atoms with van der Waals surface area (Å²) < 4.78 is 0. The van der Waals surface area contributed by atoms with E-state index >= 15 is 0 Å². The number of nitrogens with zero attached hydrogens (tertiary/aromatic N) is 1. The maximum Gasteiger partial charge on any atom is 0.0922 e. The van der Waals surface area contributed by atoms with Gasteiger partial charge in [-0.2, -0.15) is 0 Å². The molecule has 1 atom stereocenters. The van der Waals surface area contributed by atoms with Crippen LogP contribution in [0.2, 0.25) is 5.02 Å². The van der Waals surface area contributed by atoms with Gasteiger partial charge in [0.25, 0.3) is 0 Å². The van der Waals surface area contributed by atoms with Crippen LogP contribution in [0, 0.1) is 0 Å². The molecule has 24 heavy (non-hydrogen) atoms. The summed E-state index contributed by atoms with van der Waals surface area (Å²) in [7, 11) is 0. The summed E-state index contributed by atoms with van der Waals surface area (Å²) in [5.74, 6) is 0. The quantitative estimate of drug-likeness (QED) is 0.598. The third kappa shape index (κ3) is 5.93. The van der Waals surface area contributed by atoms with Gasteiger partial charge in [-0.3, -0.25) is 0 Å². The standard InChI is InChI=1S/C20H28ClNO.ClH/c1-3-5-12-22(13-6-4-2)15-20(23)18-9-7-8-16-10-11-17(21)14-19(16)18;/h7-11,14,20,23H,3-6,12-13,15H2,1-2H3;1H. The number of fused-ring (bicyclic) bond motifs is 1. The summed E-state index contributed by atoms with van der Waals surface area (Å²) in [6.07, 6.45) is 4.24. The zero-order valence-electron chi connectivity index (χ0n) is 14.7. The van der Waals surface area contributed by atoms with Crippen molar-refractivity contribution in [2.45, 2.75) is 45.6 Å². The molecule has 134 valence electrons. The highest BCUT2D eigenvalue weighted by Gasteiger charge is 2.15. The number of aliphatic hydroxyl groups excluding tert-OH is 1. The predicted molar refractivity (Wildman–Crippen MR) is 107 cm³/mol. The summed E-state index contributed by atoms with van der Waals surface area (Å²) >= 11 is 6.15. The topological polar surface area (TPSA) is 23.5 Å². The largest absolute Gasteiger partial charge is 0.387 e. The first-order valence-corrected chi connectivity index (χ1v) is 9.12. The molecule has 0 aliphatic carbocycles. The Morgan fingerprint density at radius 2 is 1.71 bits per heavy atom. The van der Waals surface area contributed by atoms with Gasteiger partial charge < -0.3 is 10.0 Å². The Hall–Kier alpha value is -0.800. The van der Waals surface area contributed by atoms with Crippen molar-refractivity contribution in [1.82, 2.24) is 4.90 Å². The van der Waals surface area contributed by atoms with Gasteiger partial charge in [0.15, 0.2) is 0 Å². The fourth-order valence-electron chi connectivity index (χ4n) is 2.96. The van der Waals surface area contributed by atoms with Gasteiger partial charge in [-0.15, -0.1) is 12.4 Å². The summed E-state index contributed by atoms with van der Waals surface area (Å²) in [5.41, 5.74) is 0.975. The zero-order chi connectivity index (χ0) is 16.7. The fraction of sp³-hybridized carbons (Fsp3) is 0.500. The van der Waals surface area contributed by atoms with Gasteiger partial charge in [-0.05, 0) is 54.4 Å². The van der Waals surface area contributed by atoms with Crippen molar-refractivity contribution in [2.24, 2.45) is 0 Å². The molecule has 2 nitrogen and oxygen atoms in total. The molecule has 0 aliphatic rings. The second-order valence-corrected chi connectivity index (χ2v) is 6.67. The molecular weight excluding hydrogens is 341 g/mol.